The molecule has 3 heteroatoms. The van der Waals surface area contributed by atoms with Crippen LogP contribution in [0.2, 0.25) is 0 Å². The molecule has 0 aromatic heterocycles. The van der Waals surface area contributed by atoms with Crippen LogP contribution in [0.15, 0.2) is 0 Å². The fourth-order valence-corrected chi connectivity index (χ4v) is 1.77. The van der Waals surface area contributed by atoms with E-state index < -0.39 is 0 Å². The first kappa shape index (κ1) is 11.2. The number of ketones is 1. The van der Waals surface area contributed by atoms with E-state index in [0.717, 1.165) is 32.1 Å². The molecule has 0 spiro atoms. The second-order valence-electron chi connectivity index (χ2n) is 3.94. The standard InChI is InChI=1S/C11H19NO2/c1-2-3-4-8-11(14)12-9-6-5-7-10(9)13/h9H,2-8H2,1H3,(H,12,14)/t9-/m1/s1. The number of rotatable bonds is 5. The Hall–Kier alpha value is -0.860. The molecular formula is C11H19NO2. The summed E-state index contributed by atoms with van der Waals surface area (Å²) in [5, 5.41) is 2.80. The topological polar surface area (TPSA) is 46.2 Å². The number of Topliss-reactive ketones (excluding diaryl/α,β-unsaturated/α-hetero) is 1. The van der Waals surface area contributed by atoms with E-state index in [1.165, 1.54) is 0 Å². The number of carbonyl (C=O) groups is 2. The number of nitrogens with one attached hydrogen (secondary N) is 1. The van der Waals surface area contributed by atoms with Gasteiger partial charge in [-0.05, 0) is 19.3 Å². The lowest BCUT2D eigenvalue weighted by molar-refractivity contribution is -0.126. The smallest absolute Gasteiger partial charge is 0.220 e. The second-order valence-corrected chi connectivity index (χ2v) is 3.94. The first-order chi connectivity index (χ1) is 6.74. The summed E-state index contributed by atoms with van der Waals surface area (Å²) >= 11 is 0. The third-order valence-electron chi connectivity index (χ3n) is 2.65. The van der Waals surface area contributed by atoms with E-state index in [1.807, 2.05) is 0 Å². The van der Waals surface area contributed by atoms with Crippen molar-refractivity contribution in [1.82, 2.24) is 5.32 Å². The lowest BCUT2D eigenvalue weighted by Gasteiger charge is -2.10. The van der Waals surface area contributed by atoms with Crippen LogP contribution < -0.4 is 5.32 Å². The van der Waals surface area contributed by atoms with Gasteiger partial charge in [-0.15, -0.1) is 0 Å². The minimum Gasteiger partial charge on any atom is -0.346 e. The summed E-state index contributed by atoms with van der Waals surface area (Å²) in [7, 11) is 0. The Bertz CT molecular complexity index is 213. The SMILES string of the molecule is CCCCCC(=O)N[C@@H]1CCCC1=O. The highest BCUT2D eigenvalue weighted by Gasteiger charge is 2.25. The van der Waals surface area contributed by atoms with Crippen molar-refractivity contribution in [3.05, 3.63) is 0 Å². The Morgan fingerprint density at radius 2 is 2.29 bits per heavy atom. The van der Waals surface area contributed by atoms with Crippen molar-refractivity contribution in [1.29, 1.82) is 0 Å². The van der Waals surface area contributed by atoms with E-state index in [0.29, 0.717) is 12.8 Å². The van der Waals surface area contributed by atoms with E-state index in [-0.39, 0.29) is 17.7 Å². The second kappa shape index (κ2) is 5.78. The number of hydrogen-bond acceptors (Lipinski definition) is 2. The van der Waals surface area contributed by atoms with Crippen LogP contribution in [0.4, 0.5) is 0 Å². The fourth-order valence-electron chi connectivity index (χ4n) is 1.77. The van der Waals surface area contributed by atoms with Gasteiger partial charge in [0.2, 0.25) is 5.91 Å². The number of hydrogen-bond donors (Lipinski definition) is 1. The van der Waals surface area contributed by atoms with Gasteiger partial charge in [0.1, 0.15) is 0 Å². The van der Waals surface area contributed by atoms with Crippen molar-refractivity contribution in [2.75, 3.05) is 0 Å². The van der Waals surface area contributed by atoms with E-state index in [9.17, 15) is 9.59 Å². The lowest BCUT2D eigenvalue weighted by atomic mass is 10.2. The molecule has 1 saturated carbocycles. The molecule has 0 aromatic rings. The summed E-state index contributed by atoms with van der Waals surface area (Å²) in [4.78, 5) is 22.6. The maximum absolute atomic E-state index is 11.4. The highest BCUT2D eigenvalue weighted by Crippen LogP contribution is 2.14. The van der Waals surface area contributed by atoms with Gasteiger partial charge in [0.05, 0.1) is 6.04 Å². The van der Waals surface area contributed by atoms with Crippen LogP contribution in [-0.2, 0) is 9.59 Å². The normalized spacial score (nSPS) is 21.2. The van der Waals surface area contributed by atoms with Crippen LogP contribution in [0.5, 0.6) is 0 Å². The number of unbranched alkanes of at least 4 members (excludes halogenated alkanes) is 2. The van der Waals surface area contributed by atoms with Crippen molar-refractivity contribution in [3.8, 4) is 0 Å². The lowest BCUT2D eigenvalue weighted by Crippen LogP contribution is -2.37. The van der Waals surface area contributed by atoms with Crippen LogP contribution in [0.25, 0.3) is 0 Å². The van der Waals surface area contributed by atoms with Gasteiger partial charge in [-0.1, -0.05) is 19.8 Å². The molecule has 1 N–H and O–H groups in total. The third kappa shape index (κ3) is 3.48. The summed E-state index contributed by atoms with van der Waals surface area (Å²) < 4.78 is 0. The summed E-state index contributed by atoms with van der Waals surface area (Å²) in [5.41, 5.74) is 0. The Morgan fingerprint density at radius 3 is 2.86 bits per heavy atom. The first-order valence-electron chi connectivity index (χ1n) is 5.56. The van der Waals surface area contributed by atoms with Gasteiger partial charge in [-0.3, -0.25) is 9.59 Å². The number of amides is 1. The molecule has 3 nitrogen and oxygen atoms in total. The molecule has 0 aromatic carbocycles. The maximum Gasteiger partial charge on any atom is 0.220 e. The van der Waals surface area contributed by atoms with Gasteiger partial charge in [0.15, 0.2) is 5.78 Å². The molecule has 1 aliphatic carbocycles. The predicted octanol–water partition coefficient (Wildman–Crippen LogP) is 1.80. The molecule has 0 bridgehead atoms. The van der Waals surface area contributed by atoms with Gasteiger partial charge in [0.25, 0.3) is 0 Å². The molecule has 80 valence electrons. The van der Waals surface area contributed by atoms with Gasteiger partial charge in [-0.2, -0.15) is 0 Å². The summed E-state index contributed by atoms with van der Waals surface area (Å²) in [6, 6.07) is -0.177. The van der Waals surface area contributed by atoms with E-state index in [4.69, 9.17) is 0 Å². The largest absolute Gasteiger partial charge is 0.346 e. The summed E-state index contributed by atoms with van der Waals surface area (Å²) in [6.07, 6.45) is 6.11. The molecule has 1 aliphatic rings. The highest BCUT2D eigenvalue weighted by molar-refractivity contribution is 5.90. The van der Waals surface area contributed by atoms with Crippen LogP contribution in [0, 0.1) is 0 Å². The molecule has 14 heavy (non-hydrogen) atoms. The summed E-state index contributed by atoms with van der Waals surface area (Å²) in [6.45, 7) is 2.11. The Morgan fingerprint density at radius 1 is 1.50 bits per heavy atom. The van der Waals surface area contributed by atoms with E-state index >= 15 is 0 Å². The van der Waals surface area contributed by atoms with Gasteiger partial charge in [-0.25, -0.2) is 0 Å². The van der Waals surface area contributed by atoms with Crippen molar-refractivity contribution < 1.29 is 9.59 Å². The Kier molecular flexibility index (Phi) is 4.63. The molecule has 0 aliphatic heterocycles. The van der Waals surface area contributed by atoms with Gasteiger partial charge in [0, 0.05) is 12.8 Å². The van der Waals surface area contributed by atoms with Crippen LogP contribution in [-0.4, -0.2) is 17.7 Å². The van der Waals surface area contributed by atoms with Gasteiger partial charge < -0.3 is 5.32 Å². The monoisotopic (exact) mass is 197 g/mol. The Balaban J connectivity index is 2.16. The predicted molar refractivity (Wildman–Crippen MR) is 54.9 cm³/mol. The quantitative estimate of drug-likeness (QED) is 0.683. The first-order valence-corrected chi connectivity index (χ1v) is 5.56. The molecular weight excluding hydrogens is 178 g/mol. The van der Waals surface area contributed by atoms with Crippen LogP contribution in [0.1, 0.15) is 51.9 Å². The fraction of sp³-hybridized carbons (Fsp3) is 0.818. The summed E-state index contributed by atoms with van der Waals surface area (Å²) in [5.74, 6) is 0.243. The zero-order valence-electron chi connectivity index (χ0n) is 8.84. The number of carbonyl (C=O) groups excluding carboxylic acids is 2. The molecule has 0 saturated heterocycles. The molecule has 1 fully saturated rings. The van der Waals surface area contributed by atoms with Crippen molar-refractivity contribution in [2.24, 2.45) is 0 Å². The zero-order valence-corrected chi connectivity index (χ0v) is 8.84. The third-order valence-corrected chi connectivity index (χ3v) is 2.65. The average Bonchev–Trinajstić information content (AvgIpc) is 2.52. The van der Waals surface area contributed by atoms with Crippen molar-refractivity contribution in [2.45, 2.75) is 57.9 Å². The van der Waals surface area contributed by atoms with Gasteiger partial charge >= 0.3 is 0 Å². The molecule has 0 radical (unpaired) electrons. The average molecular weight is 197 g/mol. The van der Waals surface area contributed by atoms with E-state index in [1.54, 1.807) is 0 Å². The highest BCUT2D eigenvalue weighted by atomic mass is 16.2. The van der Waals surface area contributed by atoms with Crippen molar-refractivity contribution >= 4 is 11.7 Å². The minimum atomic E-state index is -0.177. The molecule has 1 rings (SSSR count). The minimum absolute atomic E-state index is 0.0405. The van der Waals surface area contributed by atoms with Crippen LogP contribution in [0.3, 0.4) is 0 Å². The Labute approximate surface area is 85.3 Å². The maximum atomic E-state index is 11.4. The zero-order chi connectivity index (χ0) is 10.4. The molecule has 1 atom stereocenters. The molecule has 1 amide bonds. The van der Waals surface area contributed by atoms with Crippen LogP contribution >= 0.6 is 0 Å². The van der Waals surface area contributed by atoms with E-state index in [2.05, 4.69) is 12.2 Å². The van der Waals surface area contributed by atoms with Crippen molar-refractivity contribution in [3.63, 3.8) is 0 Å². The molecule has 0 unspecified atom stereocenters. The molecule has 0 heterocycles.